The molecule has 2 N–H and O–H groups in total. The van der Waals surface area contributed by atoms with Crippen LogP contribution in [0.5, 0.6) is 5.75 Å². The van der Waals surface area contributed by atoms with Crippen LogP contribution in [0.1, 0.15) is 33.6 Å². The number of aromatic nitrogens is 1. The molecule has 3 amide bonds. The van der Waals surface area contributed by atoms with Gasteiger partial charge in [-0.1, -0.05) is 11.6 Å². The lowest BCUT2D eigenvalue weighted by Gasteiger charge is -2.25. The van der Waals surface area contributed by atoms with Crippen LogP contribution < -0.4 is 15.4 Å². The maximum atomic E-state index is 12.8. The number of carbonyl (C=O) groups excluding carboxylic acids is 4. The van der Waals surface area contributed by atoms with Gasteiger partial charge in [0.15, 0.2) is 0 Å². The zero-order valence-corrected chi connectivity index (χ0v) is 27.5. The second kappa shape index (κ2) is 18.6. The second-order valence-corrected chi connectivity index (χ2v) is 10.5. The lowest BCUT2D eigenvalue weighted by molar-refractivity contribution is -0.144. The molecule has 13 nitrogen and oxygen atoms in total. The Morgan fingerprint density at radius 3 is 2.17 bits per heavy atom. The van der Waals surface area contributed by atoms with E-state index in [1.807, 2.05) is 36.4 Å². The number of ether oxygens (including phenoxy) is 4. The van der Waals surface area contributed by atoms with E-state index in [0.717, 1.165) is 44.6 Å². The summed E-state index contributed by atoms with van der Waals surface area (Å²) in [5.74, 6) is -0.123. The van der Waals surface area contributed by atoms with Gasteiger partial charge in [0, 0.05) is 42.0 Å². The Bertz CT molecular complexity index is 1490. The molecule has 0 atom stereocenters. The Morgan fingerprint density at radius 1 is 0.804 bits per heavy atom. The van der Waals surface area contributed by atoms with Crippen LogP contribution in [-0.4, -0.2) is 105 Å². The summed E-state index contributed by atoms with van der Waals surface area (Å²) in [6.07, 6.45) is -0.299. The first-order chi connectivity index (χ1) is 22.2. The molecule has 3 aromatic rings. The number of imide groups is 1. The second-order valence-electron chi connectivity index (χ2n) is 10.1. The number of esters is 1. The molecular weight excluding hydrogens is 618 g/mol. The largest absolute Gasteiger partial charge is 0.497 e. The summed E-state index contributed by atoms with van der Waals surface area (Å²) in [5.41, 5.74) is 2.51. The van der Waals surface area contributed by atoms with Gasteiger partial charge < -0.3 is 29.6 Å². The maximum Gasteiger partial charge on any atom is 0.419 e. The third-order valence-electron chi connectivity index (χ3n) is 6.81. The molecule has 0 radical (unpaired) electrons. The summed E-state index contributed by atoms with van der Waals surface area (Å²) in [6, 6.07) is 11.3. The normalized spacial score (nSPS) is 10.9. The number of methoxy groups -OCH3 is 1. The van der Waals surface area contributed by atoms with Crippen molar-refractivity contribution >= 4 is 63.2 Å². The average Bonchev–Trinajstić information content (AvgIpc) is 3.02. The molecule has 0 spiro atoms. The molecule has 0 fully saturated rings. The first kappa shape index (κ1) is 36.1. The van der Waals surface area contributed by atoms with E-state index in [-0.39, 0.29) is 51.9 Å². The smallest absolute Gasteiger partial charge is 0.419 e. The number of carbonyl (C=O) groups is 4. The number of halogens is 1. The van der Waals surface area contributed by atoms with E-state index in [1.54, 1.807) is 27.9 Å². The van der Waals surface area contributed by atoms with Crippen molar-refractivity contribution in [1.82, 2.24) is 20.1 Å². The van der Waals surface area contributed by atoms with Gasteiger partial charge in [-0.05, 0) is 70.0 Å². The van der Waals surface area contributed by atoms with Gasteiger partial charge in [0.1, 0.15) is 5.75 Å². The predicted molar refractivity (Wildman–Crippen MR) is 175 cm³/mol. The molecule has 1 heterocycles. The fourth-order valence-electron chi connectivity index (χ4n) is 4.67. The fourth-order valence-corrected chi connectivity index (χ4v) is 4.83. The van der Waals surface area contributed by atoms with E-state index in [1.165, 1.54) is 4.90 Å². The highest BCUT2D eigenvalue weighted by Gasteiger charge is 2.26. The lowest BCUT2D eigenvalue weighted by atomic mass is 10.1. The van der Waals surface area contributed by atoms with Crippen molar-refractivity contribution in [2.75, 3.05) is 71.5 Å². The molecule has 0 unspecified atom stereocenters. The third kappa shape index (κ3) is 10.6. The Labute approximate surface area is 273 Å². The van der Waals surface area contributed by atoms with Gasteiger partial charge in [0.05, 0.1) is 56.7 Å². The van der Waals surface area contributed by atoms with Gasteiger partial charge >= 0.3 is 18.2 Å². The van der Waals surface area contributed by atoms with E-state index in [9.17, 15) is 19.2 Å². The van der Waals surface area contributed by atoms with Crippen molar-refractivity contribution in [3.63, 3.8) is 0 Å². The Kier molecular flexibility index (Phi) is 14.6. The maximum absolute atomic E-state index is 12.8. The first-order valence-corrected chi connectivity index (χ1v) is 15.6. The van der Waals surface area contributed by atoms with Crippen molar-refractivity contribution in [3.8, 4) is 5.75 Å². The van der Waals surface area contributed by atoms with Gasteiger partial charge in [0.2, 0.25) is 5.91 Å². The van der Waals surface area contributed by atoms with Crippen LogP contribution in [0.15, 0.2) is 36.4 Å². The molecule has 0 aliphatic carbocycles. The van der Waals surface area contributed by atoms with Gasteiger partial charge in [-0.15, -0.1) is 0 Å². The predicted octanol–water partition coefficient (Wildman–Crippen LogP) is 4.84. The quantitative estimate of drug-likeness (QED) is 0.0887. The van der Waals surface area contributed by atoms with Crippen LogP contribution in [0.3, 0.4) is 0 Å². The summed E-state index contributed by atoms with van der Waals surface area (Å²) in [4.78, 5) is 56.7. The van der Waals surface area contributed by atoms with Gasteiger partial charge in [-0.3, -0.25) is 14.5 Å². The first-order valence-electron chi connectivity index (χ1n) is 15.3. The number of unbranched alkanes of at least 4 members (excludes halogenated alkanes) is 1. The molecule has 0 saturated carbocycles. The van der Waals surface area contributed by atoms with Crippen molar-refractivity contribution < 1.29 is 38.1 Å². The summed E-state index contributed by atoms with van der Waals surface area (Å²) < 4.78 is 20.4. The molecule has 0 aliphatic rings. The molecule has 14 heteroatoms. The highest BCUT2D eigenvalue weighted by atomic mass is 35.5. The summed E-state index contributed by atoms with van der Waals surface area (Å²) >= 11 is 6.23. The van der Waals surface area contributed by atoms with E-state index in [0.29, 0.717) is 24.5 Å². The van der Waals surface area contributed by atoms with E-state index < -0.39 is 18.2 Å². The standard InChI is InChI=1S/C32H42ClN5O8/c1-5-44-29(40)21-37(16-17-38(31(41)45-6-2)32(42)46-7-3)20-28(39)34-14-8-9-15-35-30-24-12-10-22(33)18-27(24)36-26-13-11-23(43-4)19-25(26)30/h10-13,18-19H,5-9,14-17,20-21H2,1-4H3,(H,34,39)(H,35,36). The molecule has 2 aromatic carbocycles. The number of nitrogens with zero attached hydrogens (tertiary/aromatic N) is 3. The lowest BCUT2D eigenvalue weighted by Crippen LogP contribution is -2.46. The van der Waals surface area contributed by atoms with Crippen molar-refractivity contribution in [1.29, 1.82) is 0 Å². The number of pyridine rings is 1. The number of hydrogen-bond acceptors (Lipinski definition) is 11. The van der Waals surface area contributed by atoms with E-state index in [2.05, 4.69) is 10.6 Å². The van der Waals surface area contributed by atoms with Crippen molar-refractivity contribution in [3.05, 3.63) is 41.4 Å². The summed E-state index contributed by atoms with van der Waals surface area (Å²) in [7, 11) is 1.62. The van der Waals surface area contributed by atoms with Crippen LogP contribution in [0, 0.1) is 0 Å². The average molecular weight is 660 g/mol. The third-order valence-corrected chi connectivity index (χ3v) is 7.05. The van der Waals surface area contributed by atoms with Crippen LogP contribution in [0.25, 0.3) is 21.8 Å². The molecule has 0 saturated heterocycles. The minimum atomic E-state index is -0.870. The SMILES string of the molecule is CCOC(=O)CN(CCN(C(=O)OCC)C(=O)OCC)CC(=O)NCCCCNc1c2ccc(Cl)cc2nc2ccc(OC)cc12. The Balaban J connectivity index is 1.56. The summed E-state index contributed by atoms with van der Waals surface area (Å²) in [6.45, 7) is 5.81. The van der Waals surface area contributed by atoms with E-state index in [4.69, 9.17) is 35.5 Å². The molecule has 46 heavy (non-hydrogen) atoms. The van der Waals surface area contributed by atoms with Crippen molar-refractivity contribution in [2.45, 2.75) is 33.6 Å². The van der Waals surface area contributed by atoms with Crippen LogP contribution in [0.2, 0.25) is 5.02 Å². The van der Waals surface area contributed by atoms with Crippen LogP contribution in [0.4, 0.5) is 15.3 Å². The molecule has 3 rings (SSSR count). The minimum Gasteiger partial charge on any atom is -0.497 e. The van der Waals surface area contributed by atoms with E-state index >= 15 is 0 Å². The molecule has 0 aliphatic heterocycles. The number of amides is 3. The zero-order chi connectivity index (χ0) is 33.5. The molecule has 1 aromatic heterocycles. The van der Waals surface area contributed by atoms with Gasteiger partial charge in [-0.25, -0.2) is 19.5 Å². The number of benzene rings is 2. The monoisotopic (exact) mass is 659 g/mol. The number of nitrogens with one attached hydrogen (secondary N) is 2. The highest BCUT2D eigenvalue weighted by molar-refractivity contribution is 6.31. The van der Waals surface area contributed by atoms with Gasteiger partial charge in [0.25, 0.3) is 0 Å². The Hall–Kier alpha value is -4.36. The number of fused-ring (bicyclic) bond motifs is 2. The fraction of sp³-hybridized carbons (Fsp3) is 0.469. The van der Waals surface area contributed by atoms with Crippen molar-refractivity contribution in [2.24, 2.45) is 0 Å². The van der Waals surface area contributed by atoms with Gasteiger partial charge in [-0.2, -0.15) is 0 Å². The Morgan fingerprint density at radius 2 is 1.50 bits per heavy atom. The molecular formula is C32H42ClN5O8. The zero-order valence-electron chi connectivity index (χ0n) is 26.7. The summed E-state index contributed by atoms with van der Waals surface area (Å²) in [5, 5.41) is 8.86. The number of anilines is 1. The van der Waals surface area contributed by atoms with Crippen LogP contribution in [-0.2, 0) is 23.8 Å². The molecule has 250 valence electrons. The number of hydrogen-bond donors (Lipinski definition) is 2. The minimum absolute atomic E-state index is 0.0254. The topological polar surface area (TPSA) is 149 Å². The number of rotatable bonds is 17. The van der Waals surface area contributed by atoms with Crippen LogP contribution >= 0.6 is 11.6 Å². The highest BCUT2D eigenvalue weighted by Crippen LogP contribution is 2.34. The molecule has 0 bridgehead atoms.